The van der Waals surface area contributed by atoms with Gasteiger partial charge in [-0.15, -0.1) is 0 Å². The number of rotatable bonds is 72. The Hall–Kier alpha value is -1.85. The number of carbonyl (C=O) groups excluding carboxylic acids is 3. The maximum Gasteiger partial charge on any atom is 0.306 e. The van der Waals surface area contributed by atoms with Crippen molar-refractivity contribution in [2.75, 3.05) is 13.2 Å². The molecule has 0 aliphatic rings. The third-order valence-electron chi connectivity index (χ3n) is 17.8. The van der Waals surface area contributed by atoms with Crippen LogP contribution in [0.25, 0.3) is 0 Å². The maximum atomic E-state index is 12.9. The summed E-state index contributed by atoms with van der Waals surface area (Å²) in [5.74, 6) is -0.842. The van der Waals surface area contributed by atoms with Crippen molar-refractivity contribution in [2.45, 2.75) is 451 Å². The van der Waals surface area contributed by atoms with Crippen LogP contribution in [0.4, 0.5) is 0 Å². The molecule has 0 spiro atoms. The maximum absolute atomic E-state index is 12.9. The predicted octanol–water partition coefficient (Wildman–Crippen LogP) is 26.3. The SMILES string of the molecule is CCCCCCCCCC/C=C\CCCCCCCCCCCCCCCC(=O)OC(COC(=O)CCCCCCCC)COC(=O)CCCCCCCCCCCCCCCCCCCCCCCCCCCCCCCCCCCC. The third kappa shape index (κ3) is 70.8. The molecule has 0 fully saturated rings. The van der Waals surface area contributed by atoms with Gasteiger partial charge in [-0.25, -0.2) is 0 Å². The molecule has 1 unspecified atom stereocenters. The molecule has 0 N–H and O–H groups in total. The van der Waals surface area contributed by atoms with E-state index in [4.69, 9.17) is 14.2 Å². The minimum atomic E-state index is -0.765. The van der Waals surface area contributed by atoms with Gasteiger partial charge in [0.05, 0.1) is 0 Å². The fourth-order valence-electron chi connectivity index (χ4n) is 12.0. The molecule has 0 amide bonds. The fourth-order valence-corrected chi connectivity index (χ4v) is 12.0. The number of unbranched alkanes of at least 4 members (excludes halogenated alkanes) is 59. The van der Waals surface area contributed by atoms with Crippen molar-refractivity contribution in [3.05, 3.63) is 12.2 Å². The molecule has 0 heterocycles. The first-order valence-electron chi connectivity index (χ1n) is 38.2. The van der Waals surface area contributed by atoms with Gasteiger partial charge in [0.2, 0.25) is 0 Å². The van der Waals surface area contributed by atoms with Crippen LogP contribution in [0.3, 0.4) is 0 Å². The molecule has 0 aliphatic heterocycles. The number of hydrogen-bond acceptors (Lipinski definition) is 6. The zero-order valence-electron chi connectivity index (χ0n) is 56.8. The van der Waals surface area contributed by atoms with Gasteiger partial charge in [0, 0.05) is 19.3 Å². The standard InChI is InChI=1S/C77H148O6/c1-4-7-10-13-16-18-20-22-24-26-28-30-32-34-35-36-37-38-39-40-41-42-44-45-47-49-51-53-55-57-59-61-64-67-70-76(79)82-73-74(72-81-75(78)69-66-63-15-12-9-6-3)83-77(80)71-68-65-62-60-58-56-54-52-50-48-46-43-33-31-29-27-25-23-21-19-17-14-11-8-5-2/h27,29,74H,4-26,28,30-73H2,1-3H3/b29-27-. The van der Waals surface area contributed by atoms with E-state index in [1.54, 1.807) is 0 Å². The average molecular weight is 1170 g/mol. The van der Waals surface area contributed by atoms with E-state index in [1.807, 2.05) is 0 Å². The Balaban J connectivity index is 3.89. The van der Waals surface area contributed by atoms with Crippen LogP contribution in [0, 0.1) is 0 Å². The minimum Gasteiger partial charge on any atom is -0.462 e. The summed E-state index contributed by atoms with van der Waals surface area (Å²) in [6.45, 7) is 6.67. The first kappa shape index (κ1) is 81.2. The van der Waals surface area contributed by atoms with Crippen LogP contribution in [-0.2, 0) is 28.6 Å². The Kier molecular flexibility index (Phi) is 71.0. The molecule has 83 heavy (non-hydrogen) atoms. The molecule has 0 bridgehead atoms. The summed E-state index contributed by atoms with van der Waals surface area (Å²) in [7, 11) is 0. The van der Waals surface area contributed by atoms with Crippen molar-refractivity contribution >= 4 is 17.9 Å². The highest BCUT2D eigenvalue weighted by Crippen LogP contribution is 2.20. The Labute approximate surface area is 520 Å². The van der Waals surface area contributed by atoms with E-state index in [2.05, 4.69) is 32.9 Å². The van der Waals surface area contributed by atoms with Crippen LogP contribution in [-0.4, -0.2) is 37.2 Å². The number of allylic oxidation sites excluding steroid dienone is 2. The lowest BCUT2D eigenvalue weighted by molar-refractivity contribution is -0.167. The van der Waals surface area contributed by atoms with E-state index in [-0.39, 0.29) is 31.1 Å². The zero-order valence-corrected chi connectivity index (χ0v) is 56.8. The van der Waals surface area contributed by atoms with Gasteiger partial charge >= 0.3 is 17.9 Å². The number of carbonyl (C=O) groups is 3. The van der Waals surface area contributed by atoms with Gasteiger partial charge < -0.3 is 14.2 Å². The van der Waals surface area contributed by atoms with E-state index in [0.29, 0.717) is 19.3 Å². The van der Waals surface area contributed by atoms with Crippen molar-refractivity contribution in [2.24, 2.45) is 0 Å². The van der Waals surface area contributed by atoms with Crippen LogP contribution in [0.2, 0.25) is 0 Å². The molecule has 0 saturated heterocycles. The molecular weight excluding hydrogens is 1020 g/mol. The molecule has 6 heteroatoms. The van der Waals surface area contributed by atoms with Gasteiger partial charge in [-0.1, -0.05) is 392 Å². The largest absolute Gasteiger partial charge is 0.462 e. The lowest BCUT2D eigenvalue weighted by atomic mass is 10.0. The monoisotopic (exact) mass is 1170 g/mol. The summed E-state index contributed by atoms with van der Waals surface area (Å²) in [6.07, 6.45) is 89.0. The zero-order chi connectivity index (χ0) is 59.9. The lowest BCUT2D eigenvalue weighted by Gasteiger charge is -2.18. The van der Waals surface area contributed by atoms with E-state index in [0.717, 1.165) is 57.8 Å². The summed E-state index contributed by atoms with van der Waals surface area (Å²) in [5, 5.41) is 0. The Morgan fingerprint density at radius 1 is 0.229 bits per heavy atom. The number of ether oxygens (including phenoxy) is 3. The van der Waals surface area contributed by atoms with Gasteiger partial charge in [0.25, 0.3) is 0 Å². The topological polar surface area (TPSA) is 78.9 Å². The molecule has 0 aliphatic carbocycles. The lowest BCUT2D eigenvalue weighted by Crippen LogP contribution is -2.30. The normalized spacial score (nSPS) is 12.0. The van der Waals surface area contributed by atoms with Crippen molar-refractivity contribution in [1.29, 1.82) is 0 Å². The summed E-state index contributed by atoms with van der Waals surface area (Å²) >= 11 is 0. The second kappa shape index (κ2) is 72.6. The van der Waals surface area contributed by atoms with Crippen LogP contribution < -0.4 is 0 Å². The van der Waals surface area contributed by atoms with Gasteiger partial charge in [-0.2, -0.15) is 0 Å². The average Bonchev–Trinajstić information content (AvgIpc) is 3.48. The molecule has 0 radical (unpaired) electrons. The second-order valence-electron chi connectivity index (χ2n) is 26.3. The Bertz CT molecular complexity index is 1300. The second-order valence-corrected chi connectivity index (χ2v) is 26.3. The number of hydrogen-bond donors (Lipinski definition) is 0. The highest BCUT2D eigenvalue weighted by Gasteiger charge is 2.20. The summed E-state index contributed by atoms with van der Waals surface area (Å²) in [6, 6.07) is 0. The number of esters is 3. The highest BCUT2D eigenvalue weighted by molar-refractivity contribution is 5.71. The Morgan fingerprint density at radius 3 is 0.602 bits per heavy atom. The van der Waals surface area contributed by atoms with Crippen molar-refractivity contribution in [3.8, 4) is 0 Å². The molecule has 6 nitrogen and oxygen atoms in total. The van der Waals surface area contributed by atoms with Gasteiger partial charge in [-0.3, -0.25) is 14.4 Å². The molecule has 492 valence electrons. The highest BCUT2D eigenvalue weighted by atomic mass is 16.6. The minimum absolute atomic E-state index is 0.0639. The third-order valence-corrected chi connectivity index (χ3v) is 17.8. The van der Waals surface area contributed by atoms with Crippen molar-refractivity contribution in [1.82, 2.24) is 0 Å². The van der Waals surface area contributed by atoms with Crippen LogP contribution >= 0.6 is 0 Å². The molecule has 0 saturated carbocycles. The summed E-state index contributed by atoms with van der Waals surface area (Å²) in [4.78, 5) is 38.2. The quantitative estimate of drug-likeness (QED) is 0.0261. The van der Waals surface area contributed by atoms with E-state index >= 15 is 0 Å². The van der Waals surface area contributed by atoms with Crippen LogP contribution in [0.15, 0.2) is 12.2 Å². The first-order valence-corrected chi connectivity index (χ1v) is 38.2. The van der Waals surface area contributed by atoms with Gasteiger partial charge in [0.1, 0.15) is 13.2 Å². The van der Waals surface area contributed by atoms with Crippen LogP contribution in [0.5, 0.6) is 0 Å². The van der Waals surface area contributed by atoms with E-state index in [9.17, 15) is 14.4 Å². The molecule has 1 atom stereocenters. The first-order chi connectivity index (χ1) is 41.0. The molecule has 0 rings (SSSR count). The van der Waals surface area contributed by atoms with Crippen molar-refractivity contribution < 1.29 is 28.6 Å². The van der Waals surface area contributed by atoms with Gasteiger partial charge in [-0.05, 0) is 44.9 Å². The smallest absolute Gasteiger partial charge is 0.306 e. The predicted molar refractivity (Wildman–Crippen MR) is 363 cm³/mol. The Morgan fingerprint density at radius 2 is 0.398 bits per heavy atom. The molecule has 0 aromatic carbocycles. The summed E-state index contributed by atoms with van der Waals surface area (Å²) < 4.78 is 16.9. The van der Waals surface area contributed by atoms with Gasteiger partial charge in [0.15, 0.2) is 6.10 Å². The summed E-state index contributed by atoms with van der Waals surface area (Å²) in [5.41, 5.74) is 0. The molecule has 0 aromatic rings. The van der Waals surface area contributed by atoms with E-state index in [1.165, 1.54) is 347 Å². The molecule has 0 aromatic heterocycles. The fraction of sp³-hybridized carbons (Fsp3) is 0.935. The van der Waals surface area contributed by atoms with Crippen LogP contribution in [0.1, 0.15) is 445 Å². The van der Waals surface area contributed by atoms with E-state index < -0.39 is 6.10 Å². The molecular formula is C77H148O6. The van der Waals surface area contributed by atoms with Crippen molar-refractivity contribution in [3.63, 3.8) is 0 Å².